The number of nitriles is 1. The molecule has 0 N–H and O–H groups in total. The minimum Gasteiger partial charge on any atom is -0.265 e. The summed E-state index contributed by atoms with van der Waals surface area (Å²) in [5, 5.41) is 13.1. The van der Waals surface area contributed by atoms with Crippen LogP contribution < -0.4 is 0 Å². The Hall–Kier alpha value is -2.15. The summed E-state index contributed by atoms with van der Waals surface area (Å²) >= 11 is 0. The lowest BCUT2D eigenvalue weighted by Gasteiger charge is -2.06. The van der Waals surface area contributed by atoms with Crippen LogP contribution in [0.4, 0.5) is 4.39 Å². The molecule has 0 radical (unpaired) electrons. The molecule has 0 saturated carbocycles. The zero-order chi connectivity index (χ0) is 13.3. The van der Waals surface area contributed by atoms with Crippen LogP contribution in [0.25, 0.3) is 0 Å². The normalized spacial score (nSPS) is 10.4. The molecule has 0 aliphatic rings. The third-order valence-corrected chi connectivity index (χ3v) is 3.25. The van der Waals surface area contributed by atoms with Crippen LogP contribution in [0.5, 0.6) is 0 Å². The molecular weight excluding hydrogens is 229 g/mol. The molecular formula is C14H14FN3. The zero-order valence-corrected chi connectivity index (χ0v) is 10.7. The van der Waals surface area contributed by atoms with Gasteiger partial charge in [0.1, 0.15) is 5.82 Å². The van der Waals surface area contributed by atoms with Crippen LogP contribution >= 0.6 is 0 Å². The third-order valence-electron chi connectivity index (χ3n) is 3.25. The number of hydrogen-bond acceptors (Lipinski definition) is 2. The lowest BCUT2D eigenvalue weighted by Crippen LogP contribution is -2.06. The standard InChI is InChI=1S/C14H14FN3/c1-9-10(2)17-18(11(9)3)8-13-5-4-12(7-16)6-14(13)15/h4-6H,8H2,1-3H3. The molecule has 0 aliphatic carbocycles. The van der Waals surface area contributed by atoms with Gasteiger partial charge in [-0.15, -0.1) is 0 Å². The van der Waals surface area contributed by atoms with Crippen molar-refractivity contribution in [2.45, 2.75) is 27.3 Å². The maximum Gasteiger partial charge on any atom is 0.129 e. The second kappa shape index (κ2) is 4.61. The summed E-state index contributed by atoms with van der Waals surface area (Å²) in [6.07, 6.45) is 0. The van der Waals surface area contributed by atoms with Gasteiger partial charge in [0.2, 0.25) is 0 Å². The van der Waals surface area contributed by atoms with Crippen molar-refractivity contribution in [3.8, 4) is 6.07 Å². The highest BCUT2D eigenvalue weighted by atomic mass is 19.1. The first-order valence-electron chi connectivity index (χ1n) is 5.72. The fourth-order valence-corrected chi connectivity index (χ4v) is 1.85. The van der Waals surface area contributed by atoms with Gasteiger partial charge in [-0.3, -0.25) is 4.68 Å². The predicted octanol–water partition coefficient (Wildman–Crippen LogP) is 2.87. The Bertz CT molecular complexity index is 635. The second-order valence-corrected chi connectivity index (χ2v) is 4.37. The van der Waals surface area contributed by atoms with E-state index in [0.717, 1.165) is 17.0 Å². The van der Waals surface area contributed by atoms with E-state index >= 15 is 0 Å². The second-order valence-electron chi connectivity index (χ2n) is 4.37. The molecule has 1 aromatic heterocycles. The molecule has 0 bridgehead atoms. The van der Waals surface area contributed by atoms with Crippen LogP contribution in [0, 0.1) is 37.9 Å². The molecule has 2 aromatic rings. The Morgan fingerprint density at radius 1 is 1.33 bits per heavy atom. The molecule has 0 spiro atoms. The van der Waals surface area contributed by atoms with Crippen molar-refractivity contribution in [3.05, 3.63) is 52.1 Å². The van der Waals surface area contributed by atoms with E-state index in [1.165, 1.54) is 6.07 Å². The molecule has 2 rings (SSSR count). The van der Waals surface area contributed by atoms with E-state index in [4.69, 9.17) is 5.26 Å². The number of aromatic nitrogens is 2. The monoisotopic (exact) mass is 243 g/mol. The van der Waals surface area contributed by atoms with E-state index in [1.54, 1.807) is 16.8 Å². The van der Waals surface area contributed by atoms with Gasteiger partial charge >= 0.3 is 0 Å². The predicted molar refractivity (Wildman–Crippen MR) is 66.7 cm³/mol. The molecule has 0 aliphatic heterocycles. The van der Waals surface area contributed by atoms with Gasteiger partial charge in [-0.2, -0.15) is 10.4 Å². The first-order chi connectivity index (χ1) is 8.52. The minimum atomic E-state index is -0.362. The first-order valence-corrected chi connectivity index (χ1v) is 5.72. The third kappa shape index (κ3) is 2.12. The number of hydrogen-bond donors (Lipinski definition) is 0. The van der Waals surface area contributed by atoms with Crippen LogP contribution in [0.3, 0.4) is 0 Å². The summed E-state index contributed by atoms with van der Waals surface area (Å²) in [6, 6.07) is 6.44. The summed E-state index contributed by atoms with van der Waals surface area (Å²) in [5.41, 5.74) is 4.00. The van der Waals surface area contributed by atoms with E-state index in [9.17, 15) is 4.39 Å². The molecule has 0 unspecified atom stereocenters. The lowest BCUT2D eigenvalue weighted by molar-refractivity contribution is 0.578. The fourth-order valence-electron chi connectivity index (χ4n) is 1.85. The van der Waals surface area contributed by atoms with Crippen LogP contribution in [0.15, 0.2) is 18.2 Å². The van der Waals surface area contributed by atoms with Gasteiger partial charge < -0.3 is 0 Å². The summed E-state index contributed by atoms with van der Waals surface area (Å²) in [6.45, 7) is 6.30. The first kappa shape index (κ1) is 12.3. The van der Waals surface area contributed by atoms with Crippen LogP contribution in [-0.4, -0.2) is 9.78 Å². The van der Waals surface area contributed by atoms with Crippen LogP contribution in [0.2, 0.25) is 0 Å². The van der Waals surface area contributed by atoms with Gasteiger partial charge in [0.25, 0.3) is 0 Å². The number of rotatable bonds is 2. The van der Waals surface area contributed by atoms with Gasteiger partial charge in [-0.1, -0.05) is 6.07 Å². The van der Waals surface area contributed by atoms with Crippen molar-refractivity contribution in [3.63, 3.8) is 0 Å². The fraction of sp³-hybridized carbons (Fsp3) is 0.286. The highest BCUT2D eigenvalue weighted by Gasteiger charge is 2.10. The molecule has 0 fully saturated rings. The quantitative estimate of drug-likeness (QED) is 0.813. The van der Waals surface area contributed by atoms with Crippen molar-refractivity contribution in [1.29, 1.82) is 5.26 Å². The SMILES string of the molecule is Cc1nn(Cc2ccc(C#N)cc2F)c(C)c1C. The summed E-state index contributed by atoms with van der Waals surface area (Å²) < 4.78 is 15.6. The largest absolute Gasteiger partial charge is 0.265 e. The molecule has 18 heavy (non-hydrogen) atoms. The van der Waals surface area contributed by atoms with Crippen LogP contribution in [0.1, 0.15) is 28.1 Å². The molecule has 1 aromatic carbocycles. The van der Waals surface area contributed by atoms with Crippen molar-refractivity contribution < 1.29 is 4.39 Å². The molecule has 3 nitrogen and oxygen atoms in total. The highest BCUT2D eigenvalue weighted by molar-refractivity contribution is 5.33. The summed E-state index contributed by atoms with van der Waals surface area (Å²) in [4.78, 5) is 0. The highest BCUT2D eigenvalue weighted by Crippen LogP contribution is 2.15. The van der Waals surface area contributed by atoms with Gasteiger partial charge in [0, 0.05) is 11.3 Å². The number of aryl methyl sites for hydroxylation is 1. The Morgan fingerprint density at radius 3 is 2.56 bits per heavy atom. The average molecular weight is 243 g/mol. The molecule has 0 amide bonds. The maximum absolute atomic E-state index is 13.8. The summed E-state index contributed by atoms with van der Waals surface area (Å²) in [5.74, 6) is -0.362. The van der Waals surface area contributed by atoms with E-state index in [2.05, 4.69) is 5.10 Å². The lowest BCUT2D eigenvalue weighted by atomic mass is 10.1. The van der Waals surface area contributed by atoms with Crippen LogP contribution in [-0.2, 0) is 6.54 Å². The Labute approximate surface area is 105 Å². The summed E-state index contributed by atoms with van der Waals surface area (Å²) in [7, 11) is 0. The molecule has 4 heteroatoms. The van der Waals surface area contributed by atoms with Crippen molar-refractivity contribution in [2.24, 2.45) is 0 Å². The Morgan fingerprint density at radius 2 is 2.06 bits per heavy atom. The average Bonchev–Trinajstić information content (AvgIpc) is 2.59. The molecule has 0 atom stereocenters. The van der Waals surface area contributed by atoms with Crippen molar-refractivity contribution in [2.75, 3.05) is 0 Å². The number of halogens is 1. The zero-order valence-electron chi connectivity index (χ0n) is 10.7. The maximum atomic E-state index is 13.8. The van der Waals surface area contributed by atoms with Gasteiger partial charge in [-0.05, 0) is 38.5 Å². The minimum absolute atomic E-state index is 0.334. The molecule has 92 valence electrons. The molecule has 0 saturated heterocycles. The van der Waals surface area contributed by atoms with E-state index in [0.29, 0.717) is 17.7 Å². The van der Waals surface area contributed by atoms with E-state index < -0.39 is 0 Å². The van der Waals surface area contributed by atoms with Crippen molar-refractivity contribution in [1.82, 2.24) is 9.78 Å². The van der Waals surface area contributed by atoms with Crippen molar-refractivity contribution >= 4 is 0 Å². The van der Waals surface area contributed by atoms with E-state index in [1.807, 2.05) is 26.8 Å². The topological polar surface area (TPSA) is 41.6 Å². The smallest absolute Gasteiger partial charge is 0.129 e. The Kier molecular flexibility index (Phi) is 3.15. The van der Waals surface area contributed by atoms with E-state index in [-0.39, 0.29) is 5.82 Å². The molecule has 1 heterocycles. The van der Waals surface area contributed by atoms with Gasteiger partial charge in [0.15, 0.2) is 0 Å². The Balaban J connectivity index is 2.35. The number of benzene rings is 1. The van der Waals surface area contributed by atoms with Gasteiger partial charge in [0.05, 0.1) is 23.9 Å². The van der Waals surface area contributed by atoms with Gasteiger partial charge in [-0.25, -0.2) is 4.39 Å². The number of nitrogens with zero attached hydrogens (tertiary/aromatic N) is 3.